The van der Waals surface area contributed by atoms with Gasteiger partial charge in [-0.25, -0.2) is 0 Å². The Hall–Kier alpha value is -4.27. The van der Waals surface area contributed by atoms with Gasteiger partial charge in [0, 0.05) is 24.4 Å². The zero-order valence-electron chi connectivity index (χ0n) is 16.1. The van der Waals surface area contributed by atoms with Crippen molar-refractivity contribution >= 4 is 23.0 Å². The maximum Gasteiger partial charge on any atom is 0.279 e. The molecule has 0 aliphatic rings. The first-order valence-electron chi connectivity index (χ1n) is 8.82. The van der Waals surface area contributed by atoms with E-state index in [1.165, 1.54) is 18.9 Å². The van der Waals surface area contributed by atoms with Crippen molar-refractivity contribution in [2.75, 3.05) is 11.9 Å². The summed E-state index contributed by atoms with van der Waals surface area (Å²) in [6.07, 6.45) is 0. The summed E-state index contributed by atoms with van der Waals surface area (Å²) in [6, 6.07) is 17.7. The Morgan fingerprint density at radius 3 is 2.07 bits per heavy atom. The molecule has 0 heterocycles. The van der Waals surface area contributed by atoms with Gasteiger partial charge in [-0.1, -0.05) is 18.2 Å². The standard InChI is InChI=1S/C21H17N3O6/c1-14-19(12-16(23(26)27)13-20(14)24(28)29)21(25)22(2)15-8-10-18(11-9-15)30-17-6-4-3-5-7-17/h3-13H,1-2H3. The van der Waals surface area contributed by atoms with Gasteiger partial charge in [0.25, 0.3) is 17.3 Å². The molecule has 0 saturated heterocycles. The van der Waals surface area contributed by atoms with Crippen LogP contribution in [0.4, 0.5) is 17.1 Å². The van der Waals surface area contributed by atoms with Crippen molar-refractivity contribution in [2.45, 2.75) is 6.92 Å². The van der Waals surface area contributed by atoms with E-state index in [-0.39, 0.29) is 11.1 Å². The quantitative estimate of drug-likeness (QED) is 0.425. The number of rotatable bonds is 6. The van der Waals surface area contributed by atoms with Gasteiger partial charge >= 0.3 is 0 Å². The van der Waals surface area contributed by atoms with Crippen LogP contribution in [0.2, 0.25) is 0 Å². The monoisotopic (exact) mass is 407 g/mol. The topological polar surface area (TPSA) is 116 Å². The number of ether oxygens (including phenoxy) is 1. The van der Waals surface area contributed by atoms with E-state index in [0.29, 0.717) is 17.2 Å². The van der Waals surface area contributed by atoms with Crippen molar-refractivity contribution in [1.29, 1.82) is 0 Å². The number of benzene rings is 3. The van der Waals surface area contributed by atoms with E-state index in [9.17, 15) is 25.0 Å². The number of non-ortho nitro benzene ring substituents is 1. The highest BCUT2D eigenvalue weighted by Gasteiger charge is 2.26. The van der Waals surface area contributed by atoms with Gasteiger partial charge < -0.3 is 9.64 Å². The summed E-state index contributed by atoms with van der Waals surface area (Å²) in [5.41, 5.74) is -0.549. The Morgan fingerprint density at radius 1 is 0.900 bits per heavy atom. The fourth-order valence-electron chi connectivity index (χ4n) is 2.86. The minimum absolute atomic E-state index is 0.0616. The van der Waals surface area contributed by atoms with Crippen molar-refractivity contribution in [3.05, 3.63) is 98.1 Å². The SMILES string of the molecule is Cc1c(C(=O)N(C)c2ccc(Oc3ccccc3)cc2)cc([N+](=O)[O-])cc1[N+](=O)[O-]. The van der Waals surface area contributed by atoms with Gasteiger partial charge in [-0.05, 0) is 43.3 Å². The van der Waals surface area contributed by atoms with Gasteiger partial charge in [-0.15, -0.1) is 0 Å². The van der Waals surface area contributed by atoms with Gasteiger partial charge in [-0.3, -0.25) is 25.0 Å². The molecule has 0 unspecified atom stereocenters. The second kappa shape index (κ2) is 8.39. The van der Waals surface area contributed by atoms with Crippen LogP contribution in [0.5, 0.6) is 11.5 Å². The zero-order chi connectivity index (χ0) is 21.8. The summed E-state index contributed by atoms with van der Waals surface area (Å²) < 4.78 is 5.71. The summed E-state index contributed by atoms with van der Waals surface area (Å²) in [7, 11) is 1.49. The molecule has 0 aliphatic heterocycles. The third kappa shape index (κ3) is 4.25. The molecule has 0 aliphatic carbocycles. The first kappa shape index (κ1) is 20.5. The Labute approximate surface area is 171 Å². The fourth-order valence-corrected chi connectivity index (χ4v) is 2.86. The van der Waals surface area contributed by atoms with Crippen molar-refractivity contribution in [2.24, 2.45) is 0 Å². The third-order valence-corrected chi connectivity index (χ3v) is 4.51. The molecule has 9 heteroatoms. The van der Waals surface area contributed by atoms with Crippen LogP contribution >= 0.6 is 0 Å². The molecule has 1 amide bonds. The Morgan fingerprint density at radius 2 is 1.50 bits per heavy atom. The average Bonchev–Trinajstić information content (AvgIpc) is 2.73. The smallest absolute Gasteiger partial charge is 0.279 e. The minimum Gasteiger partial charge on any atom is -0.457 e. The normalized spacial score (nSPS) is 10.3. The lowest BCUT2D eigenvalue weighted by Gasteiger charge is -2.19. The van der Waals surface area contributed by atoms with E-state index < -0.39 is 27.1 Å². The largest absolute Gasteiger partial charge is 0.457 e. The highest BCUT2D eigenvalue weighted by molar-refractivity contribution is 6.07. The van der Waals surface area contributed by atoms with Crippen molar-refractivity contribution in [1.82, 2.24) is 0 Å². The highest BCUT2D eigenvalue weighted by atomic mass is 16.6. The van der Waals surface area contributed by atoms with Crippen LogP contribution < -0.4 is 9.64 Å². The van der Waals surface area contributed by atoms with Crippen molar-refractivity contribution in [3.8, 4) is 11.5 Å². The Kier molecular flexibility index (Phi) is 5.73. The van der Waals surface area contributed by atoms with E-state index in [1.807, 2.05) is 30.3 Å². The fraction of sp³-hybridized carbons (Fsp3) is 0.0952. The average molecular weight is 407 g/mol. The van der Waals surface area contributed by atoms with Gasteiger partial charge in [0.05, 0.1) is 21.5 Å². The number of nitro groups is 2. The third-order valence-electron chi connectivity index (χ3n) is 4.51. The molecule has 30 heavy (non-hydrogen) atoms. The van der Waals surface area contributed by atoms with Gasteiger partial charge in [-0.2, -0.15) is 0 Å². The van der Waals surface area contributed by atoms with Gasteiger partial charge in [0.1, 0.15) is 11.5 Å². The van der Waals surface area contributed by atoms with Crippen LogP contribution in [0.1, 0.15) is 15.9 Å². The molecule has 0 atom stereocenters. The van der Waals surface area contributed by atoms with Crippen LogP contribution in [0.15, 0.2) is 66.7 Å². The summed E-state index contributed by atoms with van der Waals surface area (Å²) in [4.78, 5) is 35.1. The molecule has 3 aromatic rings. The second-order valence-corrected chi connectivity index (χ2v) is 6.42. The number of hydrogen-bond donors (Lipinski definition) is 0. The molecule has 9 nitrogen and oxygen atoms in total. The van der Waals surface area contributed by atoms with Crippen LogP contribution in [0.25, 0.3) is 0 Å². The molecule has 0 fully saturated rings. The lowest BCUT2D eigenvalue weighted by molar-refractivity contribution is -0.394. The summed E-state index contributed by atoms with van der Waals surface area (Å²) in [5, 5.41) is 22.4. The number of hydrogen-bond acceptors (Lipinski definition) is 6. The molecule has 3 rings (SSSR count). The molecule has 152 valence electrons. The Bertz CT molecular complexity index is 1110. The first-order valence-corrected chi connectivity index (χ1v) is 8.82. The van der Waals surface area contributed by atoms with E-state index in [1.54, 1.807) is 24.3 Å². The highest BCUT2D eigenvalue weighted by Crippen LogP contribution is 2.30. The van der Waals surface area contributed by atoms with E-state index in [2.05, 4.69) is 0 Å². The number of carbonyl (C=O) groups is 1. The van der Waals surface area contributed by atoms with Crippen LogP contribution in [-0.4, -0.2) is 22.8 Å². The Balaban J connectivity index is 1.88. The van der Waals surface area contributed by atoms with Crippen molar-refractivity contribution < 1.29 is 19.4 Å². The maximum absolute atomic E-state index is 12.9. The lowest BCUT2D eigenvalue weighted by atomic mass is 10.0. The van der Waals surface area contributed by atoms with E-state index >= 15 is 0 Å². The van der Waals surface area contributed by atoms with Crippen LogP contribution in [0.3, 0.4) is 0 Å². The zero-order valence-corrected chi connectivity index (χ0v) is 16.1. The minimum atomic E-state index is -0.765. The molecule has 0 aromatic heterocycles. The van der Waals surface area contributed by atoms with Gasteiger partial charge in [0.15, 0.2) is 0 Å². The van der Waals surface area contributed by atoms with E-state index in [4.69, 9.17) is 4.74 Å². The number of carbonyl (C=O) groups excluding carboxylic acids is 1. The first-order chi connectivity index (χ1) is 14.3. The second-order valence-electron chi connectivity index (χ2n) is 6.42. The number of para-hydroxylation sites is 1. The predicted molar refractivity (Wildman–Crippen MR) is 110 cm³/mol. The molecule has 0 N–H and O–H groups in total. The molecule has 0 radical (unpaired) electrons. The molecule has 0 saturated carbocycles. The number of amides is 1. The number of anilines is 1. The van der Waals surface area contributed by atoms with E-state index in [0.717, 1.165) is 12.1 Å². The molecular weight excluding hydrogens is 390 g/mol. The van der Waals surface area contributed by atoms with Crippen LogP contribution in [0, 0.1) is 27.2 Å². The molecule has 3 aromatic carbocycles. The molecular formula is C21H17N3O6. The number of nitro benzene ring substituents is 2. The summed E-state index contributed by atoms with van der Waals surface area (Å²) in [6.45, 7) is 1.39. The predicted octanol–water partition coefficient (Wildman–Crippen LogP) is 4.88. The number of nitrogens with zero attached hydrogens (tertiary/aromatic N) is 3. The van der Waals surface area contributed by atoms with Crippen molar-refractivity contribution in [3.63, 3.8) is 0 Å². The maximum atomic E-state index is 12.9. The summed E-state index contributed by atoms with van der Waals surface area (Å²) in [5.74, 6) is 0.623. The molecule has 0 bridgehead atoms. The lowest BCUT2D eigenvalue weighted by Crippen LogP contribution is -2.27. The van der Waals surface area contributed by atoms with Crippen LogP contribution in [-0.2, 0) is 0 Å². The van der Waals surface area contributed by atoms with Gasteiger partial charge in [0.2, 0.25) is 0 Å². The summed E-state index contributed by atoms with van der Waals surface area (Å²) >= 11 is 0. The molecule has 0 spiro atoms.